The Labute approximate surface area is 117 Å². The third-order valence-corrected chi connectivity index (χ3v) is 3.18. The Morgan fingerprint density at radius 1 is 1.53 bits per heavy atom. The van der Waals surface area contributed by atoms with Gasteiger partial charge in [0.05, 0.1) is 5.56 Å². The molecule has 0 bridgehead atoms. The molecule has 3 N–H and O–H groups in total. The van der Waals surface area contributed by atoms with E-state index >= 15 is 0 Å². The Hall–Kier alpha value is -1.69. The average Bonchev–Trinajstić information content (AvgIpc) is 2.30. The van der Waals surface area contributed by atoms with Crippen molar-refractivity contribution in [3.05, 3.63) is 34.2 Å². The molecule has 104 valence electrons. The number of hydrogen-bond acceptors (Lipinski definition) is 3. The van der Waals surface area contributed by atoms with Gasteiger partial charge in [-0.1, -0.05) is 19.1 Å². The number of hydrogen-bond donors (Lipinski definition) is 2. The zero-order valence-corrected chi connectivity index (χ0v) is 12.2. The third kappa shape index (κ3) is 4.17. The van der Waals surface area contributed by atoms with E-state index in [0.29, 0.717) is 0 Å². The van der Waals surface area contributed by atoms with Gasteiger partial charge in [-0.25, -0.2) is 0 Å². The lowest BCUT2D eigenvalue weighted by Gasteiger charge is -2.24. The smallest absolute Gasteiger partial charge is 0.261 e. The normalized spacial score (nSPS) is 11.1. The van der Waals surface area contributed by atoms with Crippen molar-refractivity contribution in [1.82, 2.24) is 9.88 Å². The molecule has 0 aliphatic rings. The predicted molar refractivity (Wildman–Crippen MR) is 79.1 cm³/mol. The maximum atomic E-state index is 12.0. The highest BCUT2D eigenvalue weighted by atomic mass is 32.1. The molecule has 19 heavy (non-hydrogen) atoms. The van der Waals surface area contributed by atoms with Crippen LogP contribution in [0.2, 0.25) is 0 Å². The average molecular weight is 281 g/mol. The van der Waals surface area contributed by atoms with Crippen LogP contribution in [0.5, 0.6) is 0 Å². The van der Waals surface area contributed by atoms with Crippen LogP contribution in [0.1, 0.15) is 32.8 Å². The highest BCUT2D eigenvalue weighted by Gasteiger charge is 2.18. The molecule has 0 aromatic carbocycles. The Bertz CT molecular complexity index is 549. The summed E-state index contributed by atoms with van der Waals surface area (Å²) in [5.74, 6) is -0.214. The van der Waals surface area contributed by atoms with Crippen molar-refractivity contribution < 1.29 is 4.79 Å². The van der Waals surface area contributed by atoms with Gasteiger partial charge in [-0.3, -0.25) is 9.59 Å². The van der Waals surface area contributed by atoms with Gasteiger partial charge in [0.1, 0.15) is 11.5 Å². The van der Waals surface area contributed by atoms with Crippen molar-refractivity contribution in [2.24, 2.45) is 5.73 Å². The van der Waals surface area contributed by atoms with E-state index < -0.39 is 0 Å². The van der Waals surface area contributed by atoms with Gasteiger partial charge in [0, 0.05) is 11.7 Å². The largest absolute Gasteiger partial charge is 0.389 e. The van der Waals surface area contributed by atoms with Gasteiger partial charge in [-0.15, -0.1) is 0 Å². The molecule has 0 atom stereocenters. The fourth-order valence-electron chi connectivity index (χ4n) is 1.51. The Morgan fingerprint density at radius 3 is 2.68 bits per heavy atom. The van der Waals surface area contributed by atoms with E-state index in [1.165, 1.54) is 4.57 Å². The molecule has 1 heterocycles. The zero-order valence-electron chi connectivity index (χ0n) is 11.4. The Morgan fingerprint density at radius 2 is 2.16 bits per heavy atom. The minimum absolute atomic E-state index is 0.0358. The predicted octanol–water partition coefficient (Wildman–Crippen LogP) is 0.787. The minimum Gasteiger partial charge on any atom is -0.389 e. The minimum atomic E-state index is -0.348. The summed E-state index contributed by atoms with van der Waals surface area (Å²) in [6.07, 6.45) is 2.35. The molecular weight excluding hydrogens is 262 g/mol. The number of amides is 1. The molecule has 0 fully saturated rings. The summed E-state index contributed by atoms with van der Waals surface area (Å²) in [5.41, 5.74) is 5.07. The third-order valence-electron chi connectivity index (χ3n) is 2.96. The molecule has 1 aromatic heterocycles. The second kappa shape index (κ2) is 5.97. The molecule has 1 amide bonds. The number of pyridine rings is 1. The van der Waals surface area contributed by atoms with Crippen molar-refractivity contribution in [2.45, 2.75) is 39.3 Å². The van der Waals surface area contributed by atoms with E-state index in [1.807, 2.05) is 20.8 Å². The highest BCUT2D eigenvalue weighted by molar-refractivity contribution is 7.80. The maximum Gasteiger partial charge on any atom is 0.261 e. The molecule has 1 aromatic rings. The molecule has 0 spiro atoms. The van der Waals surface area contributed by atoms with Crippen LogP contribution in [0, 0.1) is 0 Å². The van der Waals surface area contributed by atoms with Crippen molar-refractivity contribution in [2.75, 3.05) is 0 Å². The van der Waals surface area contributed by atoms with Gasteiger partial charge in [0.15, 0.2) is 0 Å². The first-order chi connectivity index (χ1) is 8.76. The molecule has 0 aliphatic heterocycles. The number of thiocarbonyl (C=S) groups is 1. The highest BCUT2D eigenvalue weighted by Crippen LogP contribution is 2.06. The molecule has 0 saturated heterocycles. The van der Waals surface area contributed by atoms with E-state index in [-0.39, 0.29) is 34.1 Å². The quantitative estimate of drug-likeness (QED) is 0.782. The number of carbonyl (C=O) groups excluding carboxylic acids is 1. The summed E-state index contributed by atoms with van der Waals surface area (Å²) in [6, 6.07) is 3.20. The number of nitrogens with two attached hydrogens (primary N) is 1. The van der Waals surface area contributed by atoms with Crippen molar-refractivity contribution in [3.63, 3.8) is 0 Å². The van der Waals surface area contributed by atoms with Crippen LogP contribution in [0.15, 0.2) is 23.1 Å². The fourth-order valence-corrected chi connectivity index (χ4v) is 1.66. The monoisotopic (exact) mass is 281 g/mol. The molecule has 6 heteroatoms. The number of carbonyl (C=O) groups is 1. The molecule has 0 unspecified atom stereocenters. The summed E-state index contributed by atoms with van der Waals surface area (Å²) in [5, 5.41) is 2.87. The standard InChI is InChI=1S/C13H19N3O2S/c1-4-13(2,3)15-10(17)8-16-7-5-6-9(11(14)19)12(16)18/h5-7H,4,8H2,1-3H3,(H2,14,19)(H,15,17). The lowest BCUT2D eigenvalue weighted by molar-refractivity contribution is -0.123. The van der Waals surface area contributed by atoms with Crippen LogP contribution in [0.3, 0.4) is 0 Å². The molecule has 0 radical (unpaired) electrons. The van der Waals surface area contributed by atoms with Crippen LogP contribution < -0.4 is 16.6 Å². The first-order valence-electron chi connectivity index (χ1n) is 6.07. The first kappa shape index (κ1) is 15.4. The van der Waals surface area contributed by atoms with Crippen LogP contribution in [-0.2, 0) is 11.3 Å². The molecule has 5 nitrogen and oxygen atoms in total. The lowest BCUT2D eigenvalue weighted by Crippen LogP contribution is -2.45. The Balaban J connectivity index is 2.90. The van der Waals surface area contributed by atoms with Crippen LogP contribution in [0.25, 0.3) is 0 Å². The second-order valence-corrected chi connectivity index (χ2v) is 5.44. The van der Waals surface area contributed by atoms with E-state index in [2.05, 4.69) is 5.32 Å². The van der Waals surface area contributed by atoms with E-state index in [0.717, 1.165) is 6.42 Å². The van der Waals surface area contributed by atoms with Gasteiger partial charge in [0.25, 0.3) is 5.56 Å². The van der Waals surface area contributed by atoms with E-state index in [1.54, 1.807) is 18.3 Å². The van der Waals surface area contributed by atoms with E-state index in [9.17, 15) is 9.59 Å². The number of nitrogens with zero attached hydrogens (tertiary/aromatic N) is 1. The summed E-state index contributed by atoms with van der Waals surface area (Å²) >= 11 is 4.79. The van der Waals surface area contributed by atoms with Crippen LogP contribution in [-0.4, -0.2) is 21.0 Å². The zero-order chi connectivity index (χ0) is 14.6. The summed E-state index contributed by atoms with van der Waals surface area (Å²) in [7, 11) is 0. The SMILES string of the molecule is CCC(C)(C)NC(=O)Cn1cccc(C(N)=S)c1=O. The van der Waals surface area contributed by atoms with Crippen LogP contribution in [0.4, 0.5) is 0 Å². The van der Waals surface area contributed by atoms with Crippen molar-refractivity contribution in [1.29, 1.82) is 0 Å². The summed E-state index contributed by atoms with van der Waals surface area (Å²) in [4.78, 5) is 23.9. The van der Waals surface area contributed by atoms with Crippen LogP contribution >= 0.6 is 12.2 Å². The van der Waals surface area contributed by atoms with Gasteiger partial charge >= 0.3 is 0 Å². The van der Waals surface area contributed by atoms with Gasteiger partial charge in [-0.05, 0) is 32.4 Å². The summed E-state index contributed by atoms with van der Waals surface area (Å²) < 4.78 is 1.30. The van der Waals surface area contributed by atoms with E-state index in [4.69, 9.17) is 18.0 Å². The van der Waals surface area contributed by atoms with Gasteiger partial charge in [0.2, 0.25) is 5.91 Å². The summed E-state index contributed by atoms with van der Waals surface area (Å²) in [6.45, 7) is 5.80. The van der Waals surface area contributed by atoms with Gasteiger partial charge in [-0.2, -0.15) is 0 Å². The van der Waals surface area contributed by atoms with Gasteiger partial charge < -0.3 is 15.6 Å². The molecule has 1 rings (SSSR count). The second-order valence-electron chi connectivity index (χ2n) is 5.00. The first-order valence-corrected chi connectivity index (χ1v) is 6.48. The van der Waals surface area contributed by atoms with Crippen molar-refractivity contribution in [3.8, 4) is 0 Å². The van der Waals surface area contributed by atoms with Crippen molar-refractivity contribution >= 4 is 23.1 Å². The molecular formula is C13H19N3O2S. The lowest BCUT2D eigenvalue weighted by atomic mass is 10.0. The fraction of sp³-hybridized carbons (Fsp3) is 0.462. The Kier molecular flexibility index (Phi) is 4.83. The molecule has 0 saturated carbocycles. The maximum absolute atomic E-state index is 12.0. The number of rotatable bonds is 5. The molecule has 0 aliphatic carbocycles. The number of nitrogens with one attached hydrogen (secondary N) is 1. The topological polar surface area (TPSA) is 77.1 Å². The number of aromatic nitrogens is 1.